The van der Waals surface area contributed by atoms with Gasteiger partial charge >= 0.3 is 0 Å². The highest BCUT2D eigenvalue weighted by atomic mass is 32.2. The number of carbonyl (C=O) groups is 1. The van der Waals surface area contributed by atoms with Crippen LogP contribution in [0, 0.1) is 0 Å². The first-order chi connectivity index (χ1) is 12.8. The van der Waals surface area contributed by atoms with Crippen LogP contribution in [-0.4, -0.2) is 34.9 Å². The molecule has 1 aromatic carbocycles. The Hall–Kier alpha value is -2.52. The molecular weight excluding hydrogens is 374 g/mol. The van der Waals surface area contributed by atoms with E-state index < -0.39 is 0 Å². The number of nitrogens with zero attached hydrogens (tertiary/aromatic N) is 2. The molecular formula is C17H15N3O4S2. The van der Waals surface area contributed by atoms with Crippen LogP contribution in [0.25, 0.3) is 0 Å². The summed E-state index contributed by atoms with van der Waals surface area (Å²) in [5, 5.41) is 12.0. The molecule has 0 amide bonds. The molecule has 0 unspecified atom stereocenters. The van der Waals surface area contributed by atoms with Gasteiger partial charge < -0.3 is 19.2 Å². The smallest absolute Gasteiger partial charge is 0.206 e. The third-order valence-corrected chi connectivity index (χ3v) is 5.61. The summed E-state index contributed by atoms with van der Waals surface area (Å²) in [5.74, 6) is 2.41. The summed E-state index contributed by atoms with van der Waals surface area (Å²) in [7, 11) is 0. The van der Waals surface area contributed by atoms with Crippen LogP contribution in [0.3, 0.4) is 0 Å². The van der Waals surface area contributed by atoms with E-state index in [0.717, 1.165) is 10.1 Å². The van der Waals surface area contributed by atoms with Gasteiger partial charge in [-0.1, -0.05) is 23.1 Å². The number of thioether (sulfide) groups is 1. The van der Waals surface area contributed by atoms with Crippen molar-refractivity contribution in [3.63, 3.8) is 0 Å². The molecule has 0 spiro atoms. The summed E-state index contributed by atoms with van der Waals surface area (Å²) in [6.07, 6.45) is 1.63. The van der Waals surface area contributed by atoms with Crippen LogP contribution < -0.4 is 14.8 Å². The molecule has 4 rings (SSSR count). The number of aromatic nitrogens is 2. The van der Waals surface area contributed by atoms with Gasteiger partial charge in [-0.3, -0.25) is 4.79 Å². The van der Waals surface area contributed by atoms with Gasteiger partial charge in [-0.15, -0.1) is 10.2 Å². The Morgan fingerprint density at radius 1 is 1.19 bits per heavy atom. The van der Waals surface area contributed by atoms with Gasteiger partial charge in [0.25, 0.3) is 0 Å². The van der Waals surface area contributed by atoms with Crippen LogP contribution >= 0.6 is 23.1 Å². The molecule has 26 heavy (non-hydrogen) atoms. The summed E-state index contributed by atoms with van der Waals surface area (Å²) >= 11 is 2.77. The van der Waals surface area contributed by atoms with Crippen molar-refractivity contribution in [3.8, 4) is 11.5 Å². The lowest BCUT2D eigenvalue weighted by Gasteiger charge is -2.18. The van der Waals surface area contributed by atoms with Gasteiger partial charge in [-0.25, -0.2) is 0 Å². The summed E-state index contributed by atoms with van der Waals surface area (Å²) in [4.78, 5) is 12.4. The van der Waals surface area contributed by atoms with Crippen molar-refractivity contribution in [2.24, 2.45) is 0 Å². The number of Topliss-reactive ketones (excluding diaryl/α,β-unsaturated/α-hetero) is 1. The molecule has 2 aromatic heterocycles. The maximum Gasteiger partial charge on any atom is 0.206 e. The molecule has 0 atom stereocenters. The van der Waals surface area contributed by atoms with Crippen LogP contribution in [-0.2, 0) is 6.54 Å². The fourth-order valence-corrected chi connectivity index (χ4v) is 3.98. The lowest BCUT2D eigenvalue weighted by Crippen LogP contribution is -2.16. The summed E-state index contributed by atoms with van der Waals surface area (Å²) in [6, 6.07) is 8.98. The summed E-state index contributed by atoms with van der Waals surface area (Å²) in [6.45, 7) is 1.57. The molecule has 0 saturated carbocycles. The largest absolute Gasteiger partial charge is 0.486 e. The Kier molecular flexibility index (Phi) is 5.07. The van der Waals surface area contributed by atoms with E-state index in [9.17, 15) is 4.79 Å². The van der Waals surface area contributed by atoms with E-state index in [1.165, 1.54) is 23.1 Å². The zero-order valence-corrected chi connectivity index (χ0v) is 15.3. The maximum absolute atomic E-state index is 12.4. The second-order valence-corrected chi connectivity index (χ2v) is 7.58. The lowest BCUT2D eigenvalue weighted by molar-refractivity contribution is 0.102. The van der Waals surface area contributed by atoms with Gasteiger partial charge in [-0.2, -0.15) is 0 Å². The third kappa shape index (κ3) is 4.00. The number of anilines is 1. The first-order valence-corrected chi connectivity index (χ1v) is 9.73. The summed E-state index contributed by atoms with van der Waals surface area (Å²) in [5.41, 5.74) is 0.599. The highest BCUT2D eigenvalue weighted by Gasteiger charge is 2.16. The highest BCUT2D eigenvalue weighted by Crippen LogP contribution is 2.32. The minimum atomic E-state index is 0.00673. The summed E-state index contributed by atoms with van der Waals surface area (Å²) < 4.78 is 17.0. The van der Waals surface area contributed by atoms with E-state index in [-0.39, 0.29) is 11.5 Å². The van der Waals surface area contributed by atoms with Crippen LogP contribution in [0.2, 0.25) is 0 Å². The molecule has 134 valence electrons. The normalized spacial score (nSPS) is 12.8. The molecule has 0 aliphatic carbocycles. The van der Waals surface area contributed by atoms with Gasteiger partial charge in [0.1, 0.15) is 19.0 Å². The average molecular weight is 389 g/mol. The van der Waals surface area contributed by atoms with Crippen molar-refractivity contribution in [2.75, 3.05) is 24.3 Å². The molecule has 0 fully saturated rings. The predicted octanol–water partition coefficient (Wildman–Crippen LogP) is 3.49. The Balaban J connectivity index is 1.31. The van der Waals surface area contributed by atoms with Crippen molar-refractivity contribution in [2.45, 2.75) is 10.9 Å². The van der Waals surface area contributed by atoms with E-state index >= 15 is 0 Å². The first-order valence-electron chi connectivity index (χ1n) is 7.93. The van der Waals surface area contributed by atoms with E-state index in [1.807, 2.05) is 12.1 Å². The molecule has 0 bridgehead atoms. The Labute approximate surface area is 157 Å². The number of carbonyl (C=O) groups excluding carboxylic acids is 1. The number of fused-ring (bicyclic) bond motifs is 1. The van der Waals surface area contributed by atoms with Gasteiger partial charge in [0.15, 0.2) is 21.6 Å². The SMILES string of the molecule is O=C(CSc1nnc(NCc2ccco2)s1)c1ccc2c(c1)OCCO2. The Bertz CT molecular complexity index is 895. The van der Waals surface area contributed by atoms with E-state index in [0.29, 0.717) is 42.0 Å². The fourth-order valence-electron chi connectivity index (χ4n) is 2.34. The van der Waals surface area contributed by atoms with Gasteiger partial charge in [0.2, 0.25) is 5.13 Å². The van der Waals surface area contributed by atoms with Crippen molar-refractivity contribution < 1.29 is 18.7 Å². The molecule has 9 heteroatoms. The van der Waals surface area contributed by atoms with Crippen LogP contribution in [0.15, 0.2) is 45.4 Å². The number of benzene rings is 1. The number of furan rings is 1. The fraction of sp³-hybridized carbons (Fsp3) is 0.235. The Morgan fingerprint density at radius 3 is 2.92 bits per heavy atom. The van der Waals surface area contributed by atoms with E-state index in [4.69, 9.17) is 13.9 Å². The lowest BCUT2D eigenvalue weighted by atomic mass is 10.1. The van der Waals surface area contributed by atoms with Crippen LogP contribution in [0.5, 0.6) is 11.5 Å². The number of ether oxygens (including phenoxy) is 2. The third-order valence-electron chi connectivity index (χ3n) is 3.59. The highest BCUT2D eigenvalue weighted by molar-refractivity contribution is 8.01. The molecule has 3 aromatic rings. The standard InChI is InChI=1S/C17H15N3O4S2/c21-13(11-3-4-14-15(8-11)24-7-6-23-14)10-25-17-20-19-16(26-17)18-9-12-2-1-5-22-12/h1-5,8H,6-7,9-10H2,(H,18,19). The van der Waals surface area contributed by atoms with Crippen LogP contribution in [0.4, 0.5) is 5.13 Å². The molecule has 1 aliphatic rings. The second kappa shape index (κ2) is 7.79. The molecule has 1 N–H and O–H groups in total. The van der Waals surface area contributed by atoms with Gasteiger partial charge in [0.05, 0.1) is 18.6 Å². The predicted molar refractivity (Wildman–Crippen MR) is 98.4 cm³/mol. The Morgan fingerprint density at radius 2 is 2.08 bits per heavy atom. The minimum absolute atomic E-state index is 0.00673. The zero-order chi connectivity index (χ0) is 17.8. The minimum Gasteiger partial charge on any atom is -0.486 e. The topological polar surface area (TPSA) is 86.5 Å². The second-order valence-electron chi connectivity index (χ2n) is 5.38. The van der Waals surface area contributed by atoms with Gasteiger partial charge in [-0.05, 0) is 30.3 Å². The molecule has 3 heterocycles. The number of hydrogen-bond acceptors (Lipinski definition) is 9. The van der Waals surface area contributed by atoms with Crippen molar-refractivity contribution in [3.05, 3.63) is 47.9 Å². The molecule has 1 aliphatic heterocycles. The molecule has 0 radical (unpaired) electrons. The molecule has 0 saturated heterocycles. The average Bonchev–Trinajstić information content (AvgIpc) is 3.36. The molecule has 7 nitrogen and oxygen atoms in total. The monoisotopic (exact) mass is 389 g/mol. The number of nitrogens with one attached hydrogen (secondary N) is 1. The quantitative estimate of drug-likeness (QED) is 0.485. The zero-order valence-electron chi connectivity index (χ0n) is 13.6. The van der Waals surface area contributed by atoms with Gasteiger partial charge in [0, 0.05) is 5.56 Å². The van der Waals surface area contributed by atoms with E-state index in [1.54, 1.807) is 24.5 Å². The van der Waals surface area contributed by atoms with E-state index in [2.05, 4.69) is 15.5 Å². The van der Waals surface area contributed by atoms with Crippen LogP contribution in [0.1, 0.15) is 16.1 Å². The number of ketones is 1. The van der Waals surface area contributed by atoms with Crippen molar-refractivity contribution in [1.29, 1.82) is 0 Å². The first kappa shape index (κ1) is 16.9. The number of rotatable bonds is 7. The van der Waals surface area contributed by atoms with Crippen molar-refractivity contribution >= 4 is 34.0 Å². The van der Waals surface area contributed by atoms with Crippen molar-refractivity contribution in [1.82, 2.24) is 10.2 Å². The maximum atomic E-state index is 12.4. The number of hydrogen-bond donors (Lipinski definition) is 1.